The molecule has 0 aliphatic carbocycles. The van der Waals surface area contributed by atoms with Gasteiger partial charge in [0.05, 0.1) is 10.5 Å². The first kappa shape index (κ1) is 21.4. The van der Waals surface area contributed by atoms with Gasteiger partial charge in [-0.1, -0.05) is 12.1 Å². The quantitative estimate of drug-likeness (QED) is 0.539. The van der Waals surface area contributed by atoms with Crippen LogP contribution < -0.4 is 9.64 Å². The van der Waals surface area contributed by atoms with Crippen LogP contribution in [0.5, 0.6) is 5.75 Å². The second kappa shape index (κ2) is 9.02. The summed E-state index contributed by atoms with van der Waals surface area (Å²) in [6, 6.07) is 14.2. The van der Waals surface area contributed by atoms with Gasteiger partial charge in [-0.05, 0) is 51.1 Å². The first-order valence-electron chi connectivity index (χ1n) is 9.91. The molecule has 1 amide bonds. The molecule has 0 atom stereocenters. The van der Waals surface area contributed by atoms with Crippen molar-refractivity contribution in [2.24, 2.45) is 0 Å². The van der Waals surface area contributed by atoms with E-state index in [1.807, 2.05) is 45.0 Å². The normalized spacial score (nSPS) is 14.4. The molecule has 160 valence electrons. The van der Waals surface area contributed by atoms with E-state index in [-0.39, 0.29) is 18.4 Å². The number of nitro benzene ring substituents is 1. The van der Waals surface area contributed by atoms with Crippen molar-refractivity contribution in [2.45, 2.75) is 33.0 Å². The van der Waals surface area contributed by atoms with Gasteiger partial charge in [0.25, 0.3) is 5.69 Å². The molecule has 0 unspecified atom stereocenters. The average Bonchev–Trinajstić information content (AvgIpc) is 2.71. The average molecular weight is 413 g/mol. The summed E-state index contributed by atoms with van der Waals surface area (Å²) in [5.41, 5.74) is 1.13. The first-order valence-corrected chi connectivity index (χ1v) is 9.91. The number of para-hydroxylation sites is 1. The van der Waals surface area contributed by atoms with Crippen LogP contribution in [0.2, 0.25) is 0 Å². The summed E-state index contributed by atoms with van der Waals surface area (Å²) in [6.07, 6.45) is -0.277. The third-order valence-corrected chi connectivity index (χ3v) is 4.72. The van der Waals surface area contributed by atoms with E-state index in [0.717, 1.165) is 18.8 Å². The second-order valence-electron chi connectivity index (χ2n) is 8.12. The van der Waals surface area contributed by atoms with E-state index in [4.69, 9.17) is 9.47 Å². The minimum absolute atomic E-state index is 0.0528. The van der Waals surface area contributed by atoms with Crippen LogP contribution in [0.4, 0.5) is 16.2 Å². The zero-order chi connectivity index (χ0) is 21.7. The molecule has 0 N–H and O–H groups in total. The molecule has 0 radical (unpaired) electrons. The van der Waals surface area contributed by atoms with Crippen LogP contribution in [-0.2, 0) is 11.3 Å². The van der Waals surface area contributed by atoms with Crippen molar-refractivity contribution in [1.82, 2.24) is 4.90 Å². The van der Waals surface area contributed by atoms with Gasteiger partial charge < -0.3 is 19.3 Å². The lowest BCUT2D eigenvalue weighted by molar-refractivity contribution is -0.385. The van der Waals surface area contributed by atoms with Gasteiger partial charge in [0.1, 0.15) is 18.0 Å². The number of carbonyl (C=O) groups excluding carboxylic acids is 1. The summed E-state index contributed by atoms with van der Waals surface area (Å²) in [5.74, 6) is 0.643. The van der Waals surface area contributed by atoms with Gasteiger partial charge in [-0.3, -0.25) is 10.1 Å². The van der Waals surface area contributed by atoms with Gasteiger partial charge in [-0.15, -0.1) is 0 Å². The van der Waals surface area contributed by atoms with Gasteiger partial charge in [0.15, 0.2) is 0 Å². The molecule has 2 aromatic carbocycles. The number of hydrogen-bond acceptors (Lipinski definition) is 6. The van der Waals surface area contributed by atoms with Crippen molar-refractivity contribution >= 4 is 17.5 Å². The molecule has 3 rings (SSSR count). The highest BCUT2D eigenvalue weighted by atomic mass is 16.6. The largest absolute Gasteiger partial charge is 0.489 e. The number of anilines is 1. The van der Waals surface area contributed by atoms with Crippen molar-refractivity contribution in [2.75, 3.05) is 31.1 Å². The van der Waals surface area contributed by atoms with E-state index in [1.54, 1.807) is 23.1 Å². The Balaban J connectivity index is 1.53. The second-order valence-corrected chi connectivity index (χ2v) is 8.12. The van der Waals surface area contributed by atoms with Crippen molar-refractivity contribution in [3.05, 3.63) is 64.2 Å². The Kier molecular flexibility index (Phi) is 6.44. The van der Waals surface area contributed by atoms with Gasteiger partial charge in [-0.2, -0.15) is 0 Å². The van der Waals surface area contributed by atoms with Gasteiger partial charge in [0.2, 0.25) is 0 Å². The first-order chi connectivity index (χ1) is 14.2. The third-order valence-electron chi connectivity index (χ3n) is 4.72. The monoisotopic (exact) mass is 413 g/mol. The van der Waals surface area contributed by atoms with Crippen LogP contribution in [0.25, 0.3) is 0 Å². The molecule has 0 spiro atoms. The van der Waals surface area contributed by atoms with Crippen molar-refractivity contribution < 1.29 is 19.2 Å². The number of rotatable bonds is 5. The third kappa shape index (κ3) is 5.62. The lowest BCUT2D eigenvalue weighted by Gasteiger charge is -2.36. The summed E-state index contributed by atoms with van der Waals surface area (Å²) < 4.78 is 11.2. The molecule has 1 aliphatic heterocycles. The number of nitro groups is 1. The van der Waals surface area contributed by atoms with E-state index in [2.05, 4.69) is 4.90 Å². The highest BCUT2D eigenvalue weighted by molar-refractivity contribution is 5.68. The molecule has 0 bridgehead atoms. The number of nitrogens with zero attached hydrogens (tertiary/aromatic N) is 3. The van der Waals surface area contributed by atoms with E-state index >= 15 is 0 Å². The summed E-state index contributed by atoms with van der Waals surface area (Å²) in [5, 5.41) is 11.1. The minimum Gasteiger partial charge on any atom is -0.489 e. The van der Waals surface area contributed by atoms with Gasteiger partial charge >= 0.3 is 6.09 Å². The predicted octanol–water partition coefficient (Wildman–Crippen LogP) is 4.23. The molecule has 0 saturated carbocycles. The Labute approximate surface area is 176 Å². The van der Waals surface area contributed by atoms with Crippen LogP contribution in [0.3, 0.4) is 0 Å². The van der Waals surface area contributed by atoms with Crippen LogP contribution in [-0.4, -0.2) is 47.7 Å². The molecule has 1 fully saturated rings. The molecule has 1 heterocycles. The number of ether oxygens (including phenoxy) is 2. The molecule has 30 heavy (non-hydrogen) atoms. The molecule has 1 aliphatic rings. The maximum absolute atomic E-state index is 12.2. The number of carbonyl (C=O) groups is 1. The van der Waals surface area contributed by atoms with Gasteiger partial charge in [0, 0.05) is 37.9 Å². The molecule has 2 aromatic rings. The highest BCUT2D eigenvalue weighted by Crippen LogP contribution is 2.24. The molecule has 0 aromatic heterocycles. The standard InChI is InChI=1S/C22H27N3O5/c1-22(2,3)30-21(26)24-14-12-23(13-15-24)18-8-10-19(11-9-18)29-16-17-6-4-5-7-20(17)25(27)28/h4-11H,12-16H2,1-3H3. The van der Waals surface area contributed by atoms with Crippen molar-refractivity contribution in [3.63, 3.8) is 0 Å². The number of hydrogen-bond donors (Lipinski definition) is 0. The SMILES string of the molecule is CC(C)(C)OC(=O)N1CCN(c2ccc(OCc3ccccc3[N+](=O)[O-])cc2)CC1. The van der Waals surface area contributed by atoms with Crippen LogP contribution in [0.1, 0.15) is 26.3 Å². The van der Waals surface area contributed by atoms with Crippen LogP contribution >= 0.6 is 0 Å². The van der Waals surface area contributed by atoms with Crippen molar-refractivity contribution in [1.29, 1.82) is 0 Å². The topological polar surface area (TPSA) is 85.2 Å². The lowest BCUT2D eigenvalue weighted by Crippen LogP contribution is -2.50. The smallest absolute Gasteiger partial charge is 0.410 e. The Hall–Kier alpha value is -3.29. The Morgan fingerprint density at radius 2 is 1.67 bits per heavy atom. The lowest BCUT2D eigenvalue weighted by atomic mass is 10.2. The Morgan fingerprint density at radius 3 is 2.27 bits per heavy atom. The fourth-order valence-corrected chi connectivity index (χ4v) is 3.20. The summed E-state index contributed by atoms with van der Waals surface area (Å²) in [7, 11) is 0. The zero-order valence-corrected chi connectivity index (χ0v) is 17.5. The predicted molar refractivity (Wildman–Crippen MR) is 114 cm³/mol. The Morgan fingerprint density at radius 1 is 1.03 bits per heavy atom. The minimum atomic E-state index is -0.496. The molecule has 8 nitrogen and oxygen atoms in total. The summed E-state index contributed by atoms with van der Waals surface area (Å²) in [4.78, 5) is 26.8. The Bertz CT molecular complexity index is 884. The van der Waals surface area contributed by atoms with E-state index < -0.39 is 10.5 Å². The molecule has 1 saturated heterocycles. The number of benzene rings is 2. The van der Waals surface area contributed by atoms with Crippen LogP contribution in [0, 0.1) is 10.1 Å². The van der Waals surface area contributed by atoms with E-state index in [9.17, 15) is 14.9 Å². The maximum Gasteiger partial charge on any atom is 0.410 e. The number of amides is 1. The zero-order valence-electron chi connectivity index (χ0n) is 17.5. The molecular weight excluding hydrogens is 386 g/mol. The highest BCUT2D eigenvalue weighted by Gasteiger charge is 2.26. The van der Waals surface area contributed by atoms with E-state index in [0.29, 0.717) is 24.4 Å². The number of piperazine rings is 1. The van der Waals surface area contributed by atoms with Crippen molar-refractivity contribution in [3.8, 4) is 5.75 Å². The van der Waals surface area contributed by atoms with E-state index in [1.165, 1.54) is 6.07 Å². The fourth-order valence-electron chi connectivity index (χ4n) is 3.20. The summed E-state index contributed by atoms with van der Waals surface area (Å²) >= 11 is 0. The molecular formula is C22H27N3O5. The molecule has 8 heteroatoms. The maximum atomic E-state index is 12.2. The van der Waals surface area contributed by atoms with Crippen LogP contribution in [0.15, 0.2) is 48.5 Å². The van der Waals surface area contributed by atoms with Gasteiger partial charge in [-0.25, -0.2) is 4.79 Å². The fraction of sp³-hybridized carbons (Fsp3) is 0.409. The summed E-state index contributed by atoms with van der Waals surface area (Å²) in [6.45, 7) is 8.36.